The summed E-state index contributed by atoms with van der Waals surface area (Å²) < 4.78 is 0. The Hall–Kier alpha value is -2.35. The first-order valence-electron chi connectivity index (χ1n) is 7.59. The van der Waals surface area contributed by atoms with Gasteiger partial charge in [-0.05, 0) is 18.6 Å². The fraction of sp³-hybridized carbons (Fsp3) is 0.375. The van der Waals surface area contributed by atoms with E-state index in [1.54, 1.807) is 25.1 Å². The lowest BCUT2D eigenvalue weighted by Gasteiger charge is -2.11. The monoisotopic (exact) mass is 349 g/mol. The summed E-state index contributed by atoms with van der Waals surface area (Å²) in [7, 11) is 0. The van der Waals surface area contributed by atoms with E-state index < -0.39 is 12.0 Å². The standard InChI is InChI=1S/C16H19N3O4S/c1-2-11(16(22)23)18-14(20)7-8-24-9-13-17-12-6-4-3-5-10(12)15(21)19-13/h3-6,11H,2,7-9H2,1H3,(H,18,20)(H,22,23)(H,17,19,21). The van der Waals surface area contributed by atoms with Crippen molar-refractivity contribution in [1.82, 2.24) is 15.3 Å². The van der Waals surface area contributed by atoms with E-state index in [9.17, 15) is 14.4 Å². The Morgan fingerprint density at radius 1 is 1.38 bits per heavy atom. The molecule has 1 heterocycles. The molecule has 1 aromatic carbocycles. The highest BCUT2D eigenvalue weighted by atomic mass is 32.2. The summed E-state index contributed by atoms with van der Waals surface area (Å²) in [5, 5.41) is 11.9. The van der Waals surface area contributed by atoms with Crippen molar-refractivity contribution in [3.05, 3.63) is 40.4 Å². The maximum atomic E-state index is 11.9. The number of carbonyl (C=O) groups excluding carboxylic acids is 1. The second-order valence-electron chi connectivity index (χ2n) is 5.20. The number of nitrogens with one attached hydrogen (secondary N) is 2. The summed E-state index contributed by atoms with van der Waals surface area (Å²) in [5.74, 6) is 0.219. The number of aliphatic carboxylic acids is 1. The molecule has 8 heteroatoms. The molecule has 3 N–H and O–H groups in total. The largest absolute Gasteiger partial charge is 0.480 e. The normalized spacial score (nSPS) is 12.0. The summed E-state index contributed by atoms with van der Waals surface area (Å²) >= 11 is 1.45. The molecule has 1 unspecified atom stereocenters. The van der Waals surface area contributed by atoms with Gasteiger partial charge in [0.2, 0.25) is 5.91 Å². The topological polar surface area (TPSA) is 112 Å². The number of fused-ring (bicyclic) bond motifs is 1. The van der Waals surface area contributed by atoms with E-state index in [0.717, 1.165) is 0 Å². The number of para-hydroxylation sites is 1. The quantitative estimate of drug-likeness (QED) is 0.623. The number of aromatic amines is 1. The van der Waals surface area contributed by atoms with Crippen molar-refractivity contribution in [2.45, 2.75) is 31.6 Å². The first-order valence-corrected chi connectivity index (χ1v) is 8.74. The highest BCUT2D eigenvalue weighted by Gasteiger charge is 2.17. The Balaban J connectivity index is 1.83. The number of hydrogen-bond donors (Lipinski definition) is 3. The van der Waals surface area contributed by atoms with Crippen molar-refractivity contribution in [2.75, 3.05) is 5.75 Å². The predicted octanol–water partition coefficient (Wildman–Crippen LogP) is 1.53. The minimum absolute atomic E-state index is 0.179. The van der Waals surface area contributed by atoms with E-state index in [4.69, 9.17) is 5.11 Å². The lowest BCUT2D eigenvalue weighted by atomic mass is 10.2. The van der Waals surface area contributed by atoms with Crippen LogP contribution in [0, 0.1) is 0 Å². The van der Waals surface area contributed by atoms with Crippen LogP contribution in [0.2, 0.25) is 0 Å². The fourth-order valence-electron chi connectivity index (χ4n) is 2.14. The predicted molar refractivity (Wildman–Crippen MR) is 93.0 cm³/mol. The van der Waals surface area contributed by atoms with Gasteiger partial charge in [-0.1, -0.05) is 19.1 Å². The number of rotatable bonds is 8. The van der Waals surface area contributed by atoms with Crippen molar-refractivity contribution in [2.24, 2.45) is 0 Å². The SMILES string of the molecule is CCC(NC(=O)CCSCc1nc2ccccc2c(=O)[nH]1)C(=O)O. The number of carboxylic acids is 1. The number of H-pyrrole nitrogens is 1. The number of aromatic nitrogens is 2. The Morgan fingerprint density at radius 2 is 2.12 bits per heavy atom. The van der Waals surface area contributed by atoms with Crippen LogP contribution in [0.25, 0.3) is 10.9 Å². The average molecular weight is 349 g/mol. The van der Waals surface area contributed by atoms with E-state index in [2.05, 4.69) is 15.3 Å². The summed E-state index contributed by atoms with van der Waals surface area (Å²) in [5.41, 5.74) is 0.461. The molecule has 24 heavy (non-hydrogen) atoms. The molecule has 0 fully saturated rings. The van der Waals surface area contributed by atoms with Gasteiger partial charge in [-0.3, -0.25) is 9.59 Å². The molecule has 0 radical (unpaired) electrons. The van der Waals surface area contributed by atoms with Crippen LogP contribution in [-0.4, -0.2) is 38.7 Å². The van der Waals surface area contributed by atoms with Gasteiger partial charge in [-0.2, -0.15) is 11.8 Å². The fourth-order valence-corrected chi connectivity index (χ4v) is 2.95. The number of amides is 1. The number of hydrogen-bond acceptors (Lipinski definition) is 5. The molecular weight excluding hydrogens is 330 g/mol. The Bertz CT molecular complexity index is 790. The first kappa shape index (κ1) is 18.0. The van der Waals surface area contributed by atoms with Crippen LogP contribution in [-0.2, 0) is 15.3 Å². The second-order valence-corrected chi connectivity index (χ2v) is 6.30. The van der Waals surface area contributed by atoms with E-state index in [-0.39, 0.29) is 17.9 Å². The highest BCUT2D eigenvalue weighted by molar-refractivity contribution is 7.98. The number of benzene rings is 1. The van der Waals surface area contributed by atoms with Crippen molar-refractivity contribution < 1.29 is 14.7 Å². The molecule has 2 rings (SSSR count). The summed E-state index contributed by atoms with van der Waals surface area (Å²) in [6, 6.07) is 6.26. The van der Waals surface area contributed by atoms with Crippen LogP contribution in [0.5, 0.6) is 0 Å². The third-order valence-corrected chi connectivity index (χ3v) is 4.39. The zero-order chi connectivity index (χ0) is 17.5. The van der Waals surface area contributed by atoms with Gasteiger partial charge in [-0.15, -0.1) is 0 Å². The highest BCUT2D eigenvalue weighted by Crippen LogP contribution is 2.12. The van der Waals surface area contributed by atoms with Crippen LogP contribution in [0.1, 0.15) is 25.6 Å². The van der Waals surface area contributed by atoms with Gasteiger partial charge in [0.25, 0.3) is 5.56 Å². The average Bonchev–Trinajstić information content (AvgIpc) is 2.56. The summed E-state index contributed by atoms with van der Waals surface area (Å²) in [6.07, 6.45) is 0.558. The van der Waals surface area contributed by atoms with E-state index in [0.29, 0.717) is 34.7 Å². The third kappa shape index (κ3) is 4.82. The van der Waals surface area contributed by atoms with Crippen LogP contribution in [0.4, 0.5) is 0 Å². The molecule has 1 aromatic heterocycles. The molecule has 1 amide bonds. The van der Waals surface area contributed by atoms with Gasteiger partial charge in [0.05, 0.1) is 16.7 Å². The van der Waals surface area contributed by atoms with E-state index in [1.165, 1.54) is 11.8 Å². The minimum atomic E-state index is -1.03. The molecule has 2 aromatic rings. The van der Waals surface area contributed by atoms with Gasteiger partial charge < -0.3 is 15.4 Å². The summed E-state index contributed by atoms with van der Waals surface area (Å²) in [6.45, 7) is 1.70. The van der Waals surface area contributed by atoms with Crippen molar-refractivity contribution >= 4 is 34.5 Å². The molecular formula is C16H19N3O4S. The number of nitrogens with zero attached hydrogens (tertiary/aromatic N) is 1. The maximum absolute atomic E-state index is 11.9. The molecule has 1 atom stereocenters. The molecule has 7 nitrogen and oxygen atoms in total. The molecule has 0 saturated heterocycles. The molecule has 0 aliphatic carbocycles. The van der Waals surface area contributed by atoms with Gasteiger partial charge in [0.1, 0.15) is 11.9 Å². The lowest BCUT2D eigenvalue weighted by molar-refractivity contribution is -0.141. The number of carboxylic acid groups (broad SMARTS) is 1. The molecule has 0 aliphatic heterocycles. The van der Waals surface area contributed by atoms with Crippen LogP contribution >= 0.6 is 11.8 Å². The van der Waals surface area contributed by atoms with Crippen molar-refractivity contribution in [1.29, 1.82) is 0 Å². The molecule has 0 aliphatic rings. The van der Waals surface area contributed by atoms with Crippen molar-refractivity contribution in [3.8, 4) is 0 Å². The number of carbonyl (C=O) groups is 2. The molecule has 0 spiro atoms. The Kier molecular flexibility index (Phi) is 6.36. The number of thioether (sulfide) groups is 1. The van der Waals surface area contributed by atoms with Gasteiger partial charge >= 0.3 is 5.97 Å². The van der Waals surface area contributed by atoms with Gasteiger partial charge in [0, 0.05) is 12.2 Å². The third-order valence-electron chi connectivity index (χ3n) is 3.42. The molecule has 0 bridgehead atoms. The zero-order valence-corrected chi connectivity index (χ0v) is 14.1. The maximum Gasteiger partial charge on any atom is 0.326 e. The first-order chi connectivity index (χ1) is 11.5. The molecule has 0 saturated carbocycles. The molecule has 128 valence electrons. The second kappa shape index (κ2) is 8.49. The van der Waals surface area contributed by atoms with E-state index in [1.807, 2.05) is 6.07 Å². The zero-order valence-electron chi connectivity index (χ0n) is 13.2. The summed E-state index contributed by atoms with van der Waals surface area (Å²) in [4.78, 5) is 41.6. The van der Waals surface area contributed by atoms with Gasteiger partial charge in [-0.25, -0.2) is 9.78 Å². The Labute approximate surface area is 142 Å². The minimum Gasteiger partial charge on any atom is -0.480 e. The smallest absolute Gasteiger partial charge is 0.326 e. The Morgan fingerprint density at radius 3 is 2.83 bits per heavy atom. The van der Waals surface area contributed by atoms with Gasteiger partial charge in [0.15, 0.2) is 0 Å². The van der Waals surface area contributed by atoms with E-state index >= 15 is 0 Å². The van der Waals surface area contributed by atoms with Crippen LogP contribution < -0.4 is 10.9 Å². The van der Waals surface area contributed by atoms with Crippen LogP contribution in [0.15, 0.2) is 29.1 Å². The van der Waals surface area contributed by atoms with Crippen molar-refractivity contribution in [3.63, 3.8) is 0 Å². The lowest BCUT2D eigenvalue weighted by Crippen LogP contribution is -2.40. The van der Waals surface area contributed by atoms with Crippen LogP contribution in [0.3, 0.4) is 0 Å².